The molecule has 0 unspecified atom stereocenters. The van der Waals surface area contributed by atoms with E-state index in [1.807, 2.05) is 0 Å². The number of furan rings is 1. The molecular weight excluding hydrogens is 608 g/mol. The Labute approximate surface area is 222 Å². The van der Waals surface area contributed by atoms with E-state index in [1.165, 1.54) is 32.4 Å². The Bertz CT molecular complexity index is 1240. The summed E-state index contributed by atoms with van der Waals surface area (Å²) < 4.78 is 27.0. The average Bonchev–Trinajstić information content (AvgIpc) is 3.43. The van der Waals surface area contributed by atoms with Crippen LogP contribution in [0.2, 0.25) is 0 Å². The molecule has 192 valence electrons. The SMILES string of the molecule is CCOC(=O)[C@H](C)Oc1c(OC)cc(/C=C2\NC(=O)N(Cc3ccc(C(=O)OC)o3)C2=O)c(Br)c1Br. The second-order valence-corrected chi connectivity index (χ2v) is 8.86. The number of hydrogen-bond acceptors (Lipinski definition) is 9. The molecule has 1 aliphatic heterocycles. The normalized spacial score (nSPS) is 15.1. The predicted octanol–water partition coefficient (Wildman–Crippen LogP) is 4.02. The topological polar surface area (TPSA) is 134 Å². The zero-order chi connectivity index (χ0) is 26.6. The summed E-state index contributed by atoms with van der Waals surface area (Å²) in [6.07, 6.45) is 0.551. The van der Waals surface area contributed by atoms with Gasteiger partial charge >= 0.3 is 18.0 Å². The van der Waals surface area contributed by atoms with Crippen LogP contribution in [0.15, 0.2) is 37.3 Å². The van der Waals surface area contributed by atoms with Crippen LogP contribution in [0.25, 0.3) is 6.08 Å². The number of carbonyl (C=O) groups is 4. The van der Waals surface area contributed by atoms with Crippen molar-refractivity contribution < 1.29 is 42.5 Å². The van der Waals surface area contributed by atoms with Gasteiger partial charge in [0.15, 0.2) is 17.6 Å². The number of urea groups is 1. The van der Waals surface area contributed by atoms with Crippen molar-refractivity contribution >= 4 is 61.8 Å². The summed E-state index contributed by atoms with van der Waals surface area (Å²) in [6.45, 7) is 3.26. The molecule has 1 aromatic heterocycles. The van der Waals surface area contributed by atoms with Gasteiger partial charge in [-0.15, -0.1) is 0 Å². The molecule has 0 radical (unpaired) electrons. The van der Waals surface area contributed by atoms with Crippen molar-refractivity contribution in [3.05, 3.63) is 49.9 Å². The Morgan fingerprint density at radius 1 is 1.19 bits per heavy atom. The lowest BCUT2D eigenvalue weighted by Crippen LogP contribution is -2.30. The van der Waals surface area contributed by atoms with E-state index < -0.39 is 30.0 Å². The van der Waals surface area contributed by atoms with Crippen molar-refractivity contribution in [3.63, 3.8) is 0 Å². The maximum absolute atomic E-state index is 12.9. The zero-order valence-corrected chi connectivity index (χ0v) is 22.9. The van der Waals surface area contributed by atoms with Crippen molar-refractivity contribution in [2.45, 2.75) is 26.5 Å². The summed E-state index contributed by atoms with van der Waals surface area (Å²) in [5.41, 5.74) is 0.481. The number of hydrogen-bond donors (Lipinski definition) is 1. The number of imide groups is 1. The van der Waals surface area contributed by atoms with Crippen molar-refractivity contribution in [3.8, 4) is 11.5 Å². The van der Waals surface area contributed by atoms with Gasteiger partial charge in [0.05, 0.1) is 31.8 Å². The number of nitrogens with zero attached hydrogens (tertiary/aromatic N) is 1. The molecule has 2 aromatic rings. The molecular formula is C23H22Br2N2O9. The van der Waals surface area contributed by atoms with E-state index in [0.29, 0.717) is 14.5 Å². The van der Waals surface area contributed by atoms with Crippen molar-refractivity contribution in [1.82, 2.24) is 10.2 Å². The maximum atomic E-state index is 12.9. The Morgan fingerprint density at radius 3 is 2.56 bits per heavy atom. The average molecular weight is 630 g/mol. The summed E-state index contributed by atoms with van der Waals surface area (Å²) >= 11 is 6.87. The summed E-state index contributed by atoms with van der Waals surface area (Å²) in [5.74, 6) is -1.12. The van der Waals surface area contributed by atoms with E-state index in [0.717, 1.165) is 4.90 Å². The molecule has 1 aliphatic rings. The number of amides is 3. The van der Waals surface area contributed by atoms with Gasteiger partial charge in [-0.2, -0.15) is 0 Å². The molecule has 3 amide bonds. The minimum atomic E-state index is -0.906. The molecule has 1 atom stereocenters. The summed E-state index contributed by atoms with van der Waals surface area (Å²) in [5, 5.41) is 2.52. The standard InChI is InChI=1S/C23H22Br2N2O9/c1-5-34-21(29)11(2)35-19-16(32-3)9-12(17(24)18(19)25)8-14-20(28)27(23(31)26-14)10-13-6-7-15(36-13)22(30)33-4/h6-9,11H,5,10H2,1-4H3,(H,26,31)/b14-8-/t11-/m0/s1. The first kappa shape index (κ1) is 27.3. The highest BCUT2D eigenvalue weighted by Gasteiger charge is 2.35. The third-order valence-electron chi connectivity index (χ3n) is 4.91. The minimum Gasteiger partial charge on any atom is -0.493 e. The molecule has 2 heterocycles. The van der Waals surface area contributed by atoms with Crippen LogP contribution >= 0.6 is 31.9 Å². The fourth-order valence-corrected chi connectivity index (χ4v) is 4.08. The van der Waals surface area contributed by atoms with Crippen molar-refractivity contribution in [2.75, 3.05) is 20.8 Å². The molecule has 1 saturated heterocycles. The smallest absolute Gasteiger partial charge is 0.373 e. The molecule has 3 rings (SSSR count). The second kappa shape index (κ2) is 11.6. The highest BCUT2D eigenvalue weighted by atomic mass is 79.9. The van der Waals surface area contributed by atoms with Gasteiger partial charge in [0, 0.05) is 4.47 Å². The van der Waals surface area contributed by atoms with Crippen LogP contribution in [-0.2, 0) is 25.6 Å². The molecule has 0 aliphatic carbocycles. The van der Waals surface area contributed by atoms with Crippen LogP contribution in [0.3, 0.4) is 0 Å². The number of nitrogens with one attached hydrogen (secondary N) is 1. The van der Waals surface area contributed by atoms with Gasteiger partial charge in [0.1, 0.15) is 11.5 Å². The largest absolute Gasteiger partial charge is 0.493 e. The lowest BCUT2D eigenvalue weighted by Gasteiger charge is -2.19. The van der Waals surface area contributed by atoms with Crippen LogP contribution in [0.1, 0.15) is 35.7 Å². The monoisotopic (exact) mass is 628 g/mol. The molecule has 0 bridgehead atoms. The van der Waals surface area contributed by atoms with E-state index in [4.69, 9.17) is 18.6 Å². The summed E-state index contributed by atoms with van der Waals surface area (Å²) in [4.78, 5) is 49.9. The number of rotatable bonds is 9. The van der Waals surface area contributed by atoms with E-state index >= 15 is 0 Å². The molecule has 1 fully saturated rings. The second-order valence-electron chi connectivity index (χ2n) is 7.27. The van der Waals surface area contributed by atoms with Gasteiger partial charge in [-0.05, 0) is 75.5 Å². The summed E-state index contributed by atoms with van der Waals surface area (Å²) in [7, 11) is 2.63. The molecule has 11 nitrogen and oxygen atoms in total. The molecule has 1 N–H and O–H groups in total. The Morgan fingerprint density at radius 2 is 1.92 bits per heavy atom. The van der Waals surface area contributed by atoms with Crippen molar-refractivity contribution in [1.29, 1.82) is 0 Å². The number of esters is 2. The molecule has 0 saturated carbocycles. The highest BCUT2D eigenvalue weighted by molar-refractivity contribution is 9.13. The first-order chi connectivity index (χ1) is 17.1. The van der Waals surface area contributed by atoms with Crippen LogP contribution in [-0.4, -0.2) is 55.7 Å². The number of ether oxygens (including phenoxy) is 4. The van der Waals surface area contributed by atoms with Crippen molar-refractivity contribution in [2.24, 2.45) is 0 Å². The fourth-order valence-electron chi connectivity index (χ4n) is 3.16. The zero-order valence-electron chi connectivity index (χ0n) is 19.7. The van der Waals surface area contributed by atoms with Crippen LogP contribution in [0, 0.1) is 0 Å². The van der Waals surface area contributed by atoms with Gasteiger partial charge in [0.25, 0.3) is 5.91 Å². The number of benzene rings is 1. The molecule has 1 aromatic carbocycles. The van der Waals surface area contributed by atoms with Gasteiger partial charge < -0.3 is 28.7 Å². The highest BCUT2D eigenvalue weighted by Crippen LogP contribution is 2.44. The quantitative estimate of drug-likeness (QED) is 0.248. The number of carbonyl (C=O) groups excluding carboxylic acids is 4. The Kier molecular flexibility index (Phi) is 8.79. The van der Waals surface area contributed by atoms with E-state index in [-0.39, 0.29) is 41.9 Å². The lowest BCUT2D eigenvalue weighted by molar-refractivity contribution is -0.150. The van der Waals surface area contributed by atoms with Gasteiger partial charge in [-0.3, -0.25) is 9.69 Å². The van der Waals surface area contributed by atoms with Crippen LogP contribution < -0.4 is 14.8 Å². The van der Waals surface area contributed by atoms with E-state index in [1.54, 1.807) is 19.9 Å². The molecule has 13 heteroatoms. The fraction of sp³-hybridized carbons (Fsp3) is 0.304. The van der Waals surface area contributed by atoms with E-state index in [9.17, 15) is 19.2 Å². The summed E-state index contributed by atoms with van der Waals surface area (Å²) in [6, 6.07) is 3.78. The predicted molar refractivity (Wildman–Crippen MR) is 132 cm³/mol. The van der Waals surface area contributed by atoms with Gasteiger partial charge in [0.2, 0.25) is 5.76 Å². The Hall–Kier alpha value is -3.32. The van der Waals surface area contributed by atoms with Gasteiger partial charge in [-0.1, -0.05) is 0 Å². The maximum Gasteiger partial charge on any atom is 0.373 e. The third kappa shape index (κ3) is 5.73. The third-order valence-corrected chi connectivity index (χ3v) is 7.06. The lowest BCUT2D eigenvalue weighted by atomic mass is 10.1. The Balaban J connectivity index is 1.86. The van der Waals surface area contributed by atoms with Crippen LogP contribution in [0.5, 0.6) is 11.5 Å². The number of halogens is 2. The van der Waals surface area contributed by atoms with Crippen LogP contribution in [0.4, 0.5) is 4.79 Å². The minimum absolute atomic E-state index is 0.00274. The first-order valence-corrected chi connectivity index (χ1v) is 12.1. The van der Waals surface area contributed by atoms with Gasteiger partial charge in [-0.25, -0.2) is 14.4 Å². The molecule has 36 heavy (non-hydrogen) atoms. The van der Waals surface area contributed by atoms with E-state index in [2.05, 4.69) is 41.9 Å². The number of methoxy groups -OCH3 is 2. The molecule has 0 spiro atoms. The first-order valence-electron chi connectivity index (χ1n) is 10.5.